The highest BCUT2D eigenvalue weighted by molar-refractivity contribution is 7.51. The maximum absolute atomic E-state index is 10.9. The van der Waals surface area contributed by atoms with Gasteiger partial charge in [0.25, 0.3) is 0 Å². The van der Waals surface area contributed by atoms with E-state index in [0.29, 0.717) is 0 Å². The first-order valence-corrected chi connectivity index (χ1v) is 7.38. The lowest BCUT2D eigenvalue weighted by atomic mass is 10.1. The van der Waals surface area contributed by atoms with Crippen LogP contribution in [0, 0.1) is 6.42 Å². The molecule has 0 saturated heterocycles. The van der Waals surface area contributed by atoms with Gasteiger partial charge in [-0.1, -0.05) is 6.92 Å². The molecule has 2 unspecified atom stereocenters. The van der Waals surface area contributed by atoms with Crippen molar-refractivity contribution in [1.82, 2.24) is 5.32 Å². The van der Waals surface area contributed by atoms with E-state index in [1.54, 1.807) is 6.92 Å². The van der Waals surface area contributed by atoms with Gasteiger partial charge in [-0.15, -0.1) is 0 Å². The second kappa shape index (κ2) is 9.11. The summed E-state index contributed by atoms with van der Waals surface area (Å²) in [7, 11) is -0.314. The van der Waals surface area contributed by atoms with E-state index in [2.05, 4.69) is 18.4 Å². The minimum Gasteiger partial charge on any atom is -0.360 e. The summed E-state index contributed by atoms with van der Waals surface area (Å²) < 4.78 is 5.52. The van der Waals surface area contributed by atoms with Gasteiger partial charge in [-0.05, 0) is 39.0 Å². The van der Waals surface area contributed by atoms with Crippen LogP contribution in [-0.4, -0.2) is 31.4 Å². The summed E-state index contributed by atoms with van der Waals surface area (Å²) in [5, 5.41) is 2.96. The summed E-state index contributed by atoms with van der Waals surface area (Å²) in [5.41, 5.74) is 0. The molecule has 0 aliphatic rings. The number of hydrogen-bond acceptors (Lipinski definition) is 2. The predicted octanol–water partition coefficient (Wildman–Crippen LogP) is 2.56. The lowest BCUT2D eigenvalue weighted by molar-refractivity contribution is -0.119. The fraction of sp³-hybridized carbons (Fsp3) is 0.818. The number of amides is 1. The molecule has 0 aromatic heterocycles. The van der Waals surface area contributed by atoms with Crippen LogP contribution in [0.25, 0.3) is 0 Å². The van der Waals surface area contributed by atoms with Gasteiger partial charge in [0, 0.05) is 27.7 Å². The van der Waals surface area contributed by atoms with Crippen molar-refractivity contribution in [1.29, 1.82) is 0 Å². The molecule has 0 fully saturated rings. The quantitative estimate of drug-likeness (QED) is 0.653. The Hall–Kier alpha value is -0.140. The summed E-state index contributed by atoms with van der Waals surface area (Å²) in [5.74, 6) is 0.0543. The molecule has 2 atom stereocenters. The van der Waals surface area contributed by atoms with Crippen LogP contribution in [0.2, 0.25) is 0 Å². The molecule has 0 saturated carbocycles. The highest BCUT2D eigenvalue weighted by Crippen LogP contribution is 2.32. The van der Waals surface area contributed by atoms with E-state index < -0.39 is 0 Å². The number of carbonyl (C=O) groups is 1. The molecule has 4 heteroatoms. The molecule has 1 amide bonds. The fourth-order valence-electron chi connectivity index (χ4n) is 1.44. The molecule has 1 N–H and O–H groups in total. The highest BCUT2D eigenvalue weighted by atomic mass is 31.1. The monoisotopic (exact) mass is 232 g/mol. The van der Waals surface area contributed by atoms with Crippen LogP contribution >= 0.6 is 8.15 Å². The lowest BCUT2D eigenvalue weighted by Crippen LogP contribution is -2.33. The van der Waals surface area contributed by atoms with Crippen LogP contribution < -0.4 is 5.32 Å². The molecule has 0 aromatic rings. The molecular weight excluding hydrogens is 209 g/mol. The van der Waals surface area contributed by atoms with E-state index in [9.17, 15) is 4.79 Å². The number of carbonyl (C=O) groups excluding carboxylic acids is 1. The first-order valence-electron chi connectivity index (χ1n) is 5.49. The second-order valence-electron chi connectivity index (χ2n) is 3.60. The Morgan fingerprint density at radius 3 is 2.73 bits per heavy atom. The molecule has 0 bridgehead atoms. The van der Waals surface area contributed by atoms with Gasteiger partial charge in [0.1, 0.15) is 0 Å². The van der Waals surface area contributed by atoms with Crippen LogP contribution in [-0.2, 0) is 9.32 Å². The van der Waals surface area contributed by atoms with Crippen molar-refractivity contribution in [3.63, 3.8) is 0 Å². The summed E-state index contributed by atoms with van der Waals surface area (Å²) in [4.78, 5) is 10.9. The van der Waals surface area contributed by atoms with Crippen molar-refractivity contribution >= 4 is 14.1 Å². The molecular formula is C11H23NO2P. The Kier molecular flexibility index (Phi) is 9.03. The Balaban J connectivity index is 3.78. The third-order valence-corrected chi connectivity index (χ3v) is 3.66. The van der Waals surface area contributed by atoms with E-state index in [1.165, 1.54) is 0 Å². The predicted molar refractivity (Wildman–Crippen MR) is 66.1 cm³/mol. The maximum Gasteiger partial charge on any atom is 0.217 e. The van der Waals surface area contributed by atoms with E-state index in [4.69, 9.17) is 4.52 Å². The van der Waals surface area contributed by atoms with Crippen LogP contribution in [0.1, 0.15) is 33.6 Å². The molecule has 0 aliphatic carbocycles. The van der Waals surface area contributed by atoms with Crippen molar-refractivity contribution in [2.24, 2.45) is 0 Å². The van der Waals surface area contributed by atoms with Crippen LogP contribution in [0.4, 0.5) is 0 Å². The first kappa shape index (κ1) is 14.9. The van der Waals surface area contributed by atoms with Gasteiger partial charge >= 0.3 is 0 Å². The molecule has 0 aliphatic heterocycles. The highest BCUT2D eigenvalue weighted by Gasteiger charge is 2.11. The summed E-state index contributed by atoms with van der Waals surface area (Å²) in [6, 6.07) is 0.276. The normalized spacial score (nSPS) is 14.7. The van der Waals surface area contributed by atoms with Gasteiger partial charge in [0.15, 0.2) is 0 Å². The summed E-state index contributed by atoms with van der Waals surface area (Å²) in [6.45, 7) is 8.53. The van der Waals surface area contributed by atoms with Crippen molar-refractivity contribution in [2.45, 2.75) is 39.7 Å². The Morgan fingerprint density at radius 1 is 1.60 bits per heavy atom. The van der Waals surface area contributed by atoms with Crippen LogP contribution in [0.3, 0.4) is 0 Å². The topological polar surface area (TPSA) is 38.3 Å². The third kappa shape index (κ3) is 8.83. The Labute approximate surface area is 94.8 Å². The Bertz CT molecular complexity index is 176. The van der Waals surface area contributed by atoms with E-state index in [0.717, 1.165) is 25.6 Å². The van der Waals surface area contributed by atoms with E-state index in [1.807, 2.05) is 13.8 Å². The van der Waals surface area contributed by atoms with Crippen molar-refractivity contribution < 1.29 is 9.32 Å². The Morgan fingerprint density at radius 2 is 2.27 bits per heavy atom. The first-order chi connectivity index (χ1) is 7.10. The van der Waals surface area contributed by atoms with Gasteiger partial charge in [0.2, 0.25) is 5.91 Å². The SMILES string of the molecule is C[CH]CC(CCP(C)OCC)NC(C)=O. The molecule has 0 rings (SSSR count). The standard InChI is InChI=1S/C11H23NO2P/c1-5-7-11(12-10(3)13)8-9-15(4)14-6-2/h5,11H,6-9H2,1-4H3,(H,12,13). The zero-order valence-electron chi connectivity index (χ0n) is 10.2. The summed E-state index contributed by atoms with van der Waals surface area (Å²) >= 11 is 0. The van der Waals surface area contributed by atoms with E-state index >= 15 is 0 Å². The van der Waals surface area contributed by atoms with Crippen LogP contribution in [0.5, 0.6) is 0 Å². The minimum absolute atomic E-state index is 0.0543. The third-order valence-electron chi connectivity index (χ3n) is 2.07. The number of rotatable bonds is 8. The largest absolute Gasteiger partial charge is 0.360 e. The molecule has 0 aromatic carbocycles. The van der Waals surface area contributed by atoms with Crippen molar-refractivity contribution in [3.05, 3.63) is 6.42 Å². The average molecular weight is 232 g/mol. The maximum atomic E-state index is 10.9. The minimum atomic E-state index is -0.314. The smallest absolute Gasteiger partial charge is 0.217 e. The molecule has 15 heavy (non-hydrogen) atoms. The second-order valence-corrected chi connectivity index (χ2v) is 5.56. The van der Waals surface area contributed by atoms with Gasteiger partial charge < -0.3 is 9.84 Å². The zero-order chi connectivity index (χ0) is 11.7. The number of hydrogen-bond donors (Lipinski definition) is 1. The average Bonchev–Trinajstić information content (AvgIpc) is 2.14. The van der Waals surface area contributed by atoms with Gasteiger partial charge in [-0.3, -0.25) is 4.79 Å². The van der Waals surface area contributed by atoms with E-state index in [-0.39, 0.29) is 20.1 Å². The van der Waals surface area contributed by atoms with Gasteiger partial charge in [-0.25, -0.2) is 0 Å². The molecule has 1 radical (unpaired) electrons. The fourth-order valence-corrected chi connectivity index (χ4v) is 2.69. The lowest BCUT2D eigenvalue weighted by Gasteiger charge is -2.19. The van der Waals surface area contributed by atoms with Crippen molar-refractivity contribution in [3.8, 4) is 0 Å². The summed E-state index contributed by atoms with van der Waals surface area (Å²) in [6.07, 6.45) is 5.10. The molecule has 0 heterocycles. The molecule has 0 spiro atoms. The molecule has 89 valence electrons. The van der Waals surface area contributed by atoms with Gasteiger partial charge in [-0.2, -0.15) is 0 Å². The molecule has 3 nitrogen and oxygen atoms in total. The van der Waals surface area contributed by atoms with Crippen molar-refractivity contribution in [2.75, 3.05) is 19.4 Å². The van der Waals surface area contributed by atoms with Gasteiger partial charge in [0.05, 0.1) is 0 Å². The number of nitrogens with one attached hydrogen (secondary N) is 1. The van der Waals surface area contributed by atoms with Crippen LogP contribution in [0.15, 0.2) is 0 Å². The zero-order valence-corrected chi connectivity index (χ0v) is 11.1.